The first kappa shape index (κ1) is 13.0. The van der Waals surface area contributed by atoms with E-state index in [1.54, 1.807) is 12.1 Å². The highest BCUT2D eigenvalue weighted by Gasteiger charge is 2.14. The lowest BCUT2D eigenvalue weighted by Crippen LogP contribution is -2.15. The average molecular weight is 266 g/mol. The van der Waals surface area contributed by atoms with Gasteiger partial charge in [0.15, 0.2) is 5.13 Å². The molecule has 0 fully saturated rings. The topological polar surface area (TPSA) is 36.4 Å². The van der Waals surface area contributed by atoms with Crippen molar-refractivity contribution in [3.63, 3.8) is 0 Å². The highest BCUT2D eigenvalue weighted by atomic mass is 32.1. The van der Waals surface area contributed by atoms with E-state index in [-0.39, 0.29) is 12.4 Å². The second-order valence-electron chi connectivity index (χ2n) is 3.88. The molecule has 5 heteroatoms. The van der Waals surface area contributed by atoms with Crippen molar-refractivity contribution in [3.05, 3.63) is 40.7 Å². The molecule has 0 bridgehead atoms. The van der Waals surface area contributed by atoms with E-state index in [1.807, 2.05) is 18.7 Å². The molecule has 0 amide bonds. The van der Waals surface area contributed by atoms with Crippen molar-refractivity contribution in [2.45, 2.75) is 20.5 Å². The summed E-state index contributed by atoms with van der Waals surface area (Å²) in [7, 11) is 0. The maximum absolute atomic E-state index is 12.9. The second-order valence-corrected chi connectivity index (χ2v) is 4.95. The van der Waals surface area contributed by atoms with Gasteiger partial charge in [-0.3, -0.25) is 0 Å². The van der Waals surface area contributed by atoms with E-state index >= 15 is 0 Å². The zero-order chi connectivity index (χ0) is 13.1. The Morgan fingerprint density at radius 1 is 1.33 bits per heavy atom. The van der Waals surface area contributed by atoms with Gasteiger partial charge in [0.05, 0.1) is 17.2 Å². The molecule has 1 heterocycles. The van der Waals surface area contributed by atoms with Crippen LogP contribution in [0.1, 0.15) is 17.5 Å². The van der Waals surface area contributed by atoms with Crippen molar-refractivity contribution in [2.24, 2.45) is 0 Å². The van der Waals surface area contributed by atoms with Crippen molar-refractivity contribution < 1.29 is 9.50 Å². The predicted octanol–water partition coefficient (Wildman–Crippen LogP) is 3.24. The first-order chi connectivity index (χ1) is 8.65. The SMILES string of the molecule is CCN(c1ccc(F)cc1)c1nc(C)c(CO)s1. The van der Waals surface area contributed by atoms with Crippen LogP contribution in [0.4, 0.5) is 15.2 Å². The summed E-state index contributed by atoms with van der Waals surface area (Å²) in [4.78, 5) is 7.30. The normalized spacial score (nSPS) is 10.7. The molecule has 1 aromatic heterocycles. The Balaban J connectivity index is 2.35. The number of halogens is 1. The molecule has 0 aliphatic carbocycles. The van der Waals surface area contributed by atoms with Gasteiger partial charge in [-0.2, -0.15) is 0 Å². The van der Waals surface area contributed by atoms with E-state index in [0.29, 0.717) is 0 Å². The Morgan fingerprint density at radius 3 is 2.50 bits per heavy atom. The Morgan fingerprint density at radius 2 is 2.00 bits per heavy atom. The Hall–Kier alpha value is -1.46. The molecule has 0 atom stereocenters. The van der Waals surface area contributed by atoms with E-state index in [2.05, 4.69) is 4.98 Å². The molecule has 0 spiro atoms. The lowest BCUT2D eigenvalue weighted by Gasteiger charge is -2.19. The van der Waals surface area contributed by atoms with Gasteiger partial charge in [0.25, 0.3) is 0 Å². The minimum Gasteiger partial charge on any atom is -0.391 e. The first-order valence-corrected chi connectivity index (χ1v) is 6.57. The van der Waals surface area contributed by atoms with Crippen LogP contribution in [0.25, 0.3) is 0 Å². The standard InChI is InChI=1S/C13H15FN2OS/c1-3-16(11-6-4-10(14)5-7-11)13-15-9(2)12(8-17)18-13/h4-7,17H,3,8H2,1-2H3. The highest BCUT2D eigenvalue weighted by Crippen LogP contribution is 2.31. The van der Waals surface area contributed by atoms with Crippen LogP contribution in [0.5, 0.6) is 0 Å². The van der Waals surface area contributed by atoms with Crippen LogP contribution >= 0.6 is 11.3 Å². The van der Waals surface area contributed by atoms with E-state index in [4.69, 9.17) is 0 Å². The monoisotopic (exact) mass is 266 g/mol. The third-order valence-corrected chi connectivity index (χ3v) is 3.88. The summed E-state index contributed by atoms with van der Waals surface area (Å²) in [6, 6.07) is 6.33. The Labute approximate surface area is 110 Å². The van der Waals surface area contributed by atoms with Crippen molar-refractivity contribution in [1.82, 2.24) is 4.98 Å². The van der Waals surface area contributed by atoms with Gasteiger partial charge in [-0.25, -0.2) is 9.37 Å². The zero-order valence-corrected chi connectivity index (χ0v) is 11.2. The summed E-state index contributed by atoms with van der Waals surface area (Å²) in [6.07, 6.45) is 0. The molecule has 0 saturated heterocycles. The van der Waals surface area contributed by atoms with Gasteiger partial charge in [-0.15, -0.1) is 0 Å². The van der Waals surface area contributed by atoms with Gasteiger partial charge in [-0.1, -0.05) is 11.3 Å². The first-order valence-electron chi connectivity index (χ1n) is 5.76. The predicted molar refractivity (Wildman–Crippen MR) is 71.9 cm³/mol. The highest BCUT2D eigenvalue weighted by molar-refractivity contribution is 7.15. The van der Waals surface area contributed by atoms with Gasteiger partial charge in [0, 0.05) is 12.2 Å². The fourth-order valence-corrected chi connectivity index (χ4v) is 2.73. The number of aryl methyl sites for hydroxylation is 1. The van der Waals surface area contributed by atoms with Gasteiger partial charge >= 0.3 is 0 Å². The van der Waals surface area contributed by atoms with Crippen molar-refractivity contribution in [1.29, 1.82) is 0 Å². The summed E-state index contributed by atoms with van der Waals surface area (Å²) in [5.74, 6) is -0.249. The molecule has 2 rings (SSSR count). The van der Waals surface area contributed by atoms with E-state index in [0.717, 1.165) is 27.9 Å². The van der Waals surface area contributed by atoms with Gasteiger partial charge in [0.1, 0.15) is 5.82 Å². The van der Waals surface area contributed by atoms with Crippen LogP contribution < -0.4 is 4.90 Å². The fraction of sp³-hybridized carbons (Fsp3) is 0.308. The molecule has 3 nitrogen and oxygen atoms in total. The van der Waals surface area contributed by atoms with Crippen LogP contribution in [0, 0.1) is 12.7 Å². The molecule has 1 aromatic carbocycles. The second kappa shape index (κ2) is 5.46. The molecular formula is C13H15FN2OS. The average Bonchev–Trinajstić information content (AvgIpc) is 2.74. The molecule has 96 valence electrons. The number of hydrogen-bond acceptors (Lipinski definition) is 4. The fourth-order valence-electron chi connectivity index (χ4n) is 1.72. The van der Waals surface area contributed by atoms with E-state index < -0.39 is 0 Å². The number of anilines is 2. The van der Waals surface area contributed by atoms with E-state index in [9.17, 15) is 9.50 Å². The summed E-state index contributed by atoms with van der Waals surface area (Å²) < 4.78 is 12.9. The largest absolute Gasteiger partial charge is 0.391 e. The molecular weight excluding hydrogens is 251 g/mol. The van der Waals surface area contributed by atoms with Crippen LogP contribution in [-0.2, 0) is 6.61 Å². The van der Waals surface area contributed by atoms with Gasteiger partial charge in [0.2, 0.25) is 0 Å². The third kappa shape index (κ3) is 2.52. The van der Waals surface area contributed by atoms with Crippen molar-refractivity contribution in [3.8, 4) is 0 Å². The molecule has 0 aliphatic heterocycles. The summed E-state index contributed by atoms with van der Waals surface area (Å²) >= 11 is 1.46. The number of rotatable bonds is 4. The maximum Gasteiger partial charge on any atom is 0.190 e. The van der Waals surface area contributed by atoms with Crippen LogP contribution in [-0.4, -0.2) is 16.6 Å². The number of benzene rings is 1. The third-order valence-electron chi connectivity index (χ3n) is 2.71. The number of aliphatic hydroxyl groups is 1. The summed E-state index contributed by atoms with van der Waals surface area (Å²) in [5, 5.41) is 10.0. The Bertz CT molecular complexity index is 524. The minimum absolute atomic E-state index is 0.00444. The maximum atomic E-state index is 12.9. The van der Waals surface area contributed by atoms with Crippen LogP contribution in [0.2, 0.25) is 0 Å². The van der Waals surface area contributed by atoms with Crippen LogP contribution in [0.15, 0.2) is 24.3 Å². The van der Waals surface area contributed by atoms with Gasteiger partial charge in [-0.05, 0) is 38.1 Å². The molecule has 0 radical (unpaired) electrons. The minimum atomic E-state index is -0.249. The zero-order valence-electron chi connectivity index (χ0n) is 10.4. The number of aromatic nitrogens is 1. The quantitative estimate of drug-likeness (QED) is 0.923. The van der Waals surface area contributed by atoms with Crippen LogP contribution in [0.3, 0.4) is 0 Å². The number of nitrogens with zero attached hydrogens (tertiary/aromatic N) is 2. The molecule has 0 saturated carbocycles. The lowest BCUT2D eigenvalue weighted by atomic mass is 10.3. The summed E-state index contributed by atoms with van der Waals surface area (Å²) in [5.41, 5.74) is 1.75. The van der Waals surface area contributed by atoms with E-state index in [1.165, 1.54) is 23.5 Å². The molecule has 2 aromatic rings. The summed E-state index contributed by atoms with van der Waals surface area (Å²) in [6.45, 7) is 4.64. The lowest BCUT2D eigenvalue weighted by molar-refractivity contribution is 0.284. The number of thiazole rings is 1. The Kier molecular flexibility index (Phi) is 3.93. The van der Waals surface area contributed by atoms with Crippen molar-refractivity contribution >= 4 is 22.2 Å². The number of aliphatic hydroxyl groups excluding tert-OH is 1. The molecule has 1 N–H and O–H groups in total. The molecule has 0 aliphatic rings. The smallest absolute Gasteiger partial charge is 0.190 e. The van der Waals surface area contributed by atoms with Crippen molar-refractivity contribution in [2.75, 3.05) is 11.4 Å². The molecule has 0 unspecified atom stereocenters. The van der Waals surface area contributed by atoms with Gasteiger partial charge < -0.3 is 10.0 Å². The number of hydrogen-bond donors (Lipinski definition) is 1. The molecule has 18 heavy (non-hydrogen) atoms.